The first-order valence-corrected chi connectivity index (χ1v) is 11.4. The number of hydrogen-bond acceptors (Lipinski definition) is 6. The fourth-order valence-corrected chi connectivity index (χ4v) is 6.00. The second-order valence-electron chi connectivity index (χ2n) is 7.62. The number of anilines is 1. The number of carbonyl (C=O) groups excluding carboxylic acids is 2. The zero-order chi connectivity index (χ0) is 19.9. The van der Waals surface area contributed by atoms with Gasteiger partial charge in [0.1, 0.15) is 5.75 Å². The Bertz CT molecular complexity index is 879. The smallest absolute Gasteiger partial charge is 0.265 e. The van der Waals surface area contributed by atoms with E-state index in [1.807, 2.05) is 18.2 Å². The standard InChI is InChI=1S/C19H25N3O5S/c1-14(23)22-12-18(27-17-5-3-2-4-16(17)22)19(24)21-9-7-20(8-10-21)15-6-11-28(25,26)13-15/h2-5,15,18H,6-13H2,1H3/t15-,18-/m1/s1. The molecule has 0 aromatic heterocycles. The Morgan fingerprint density at radius 1 is 1.11 bits per heavy atom. The second kappa shape index (κ2) is 7.36. The van der Waals surface area contributed by atoms with Crippen LogP contribution in [0.5, 0.6) is 5.75 Å². The van der Waals surface area contributed by atoms with Crippen LogP contribution in [0.4, 0.5) is 5.69 Å². The molecule has 9 heteroatoms. The van der Waals surface area contributed by atoms with E-state index in [1.54, 1.807) is 15.9 Å². The number of fused-ring (bicyclic) bond motifs is 1. The normalized spacial score (nSPS) is 27.2. The van der Waals surface area contributed by atoms with Gasteiger partial charge in [-0.25, -0.2) is 8.42 Å². The number of sulfone groups is 1. The number of piperazine rings is 1. The summed E-state index contributed by atoms with van der Waals surface area (Å²) in [5.74, 6) is 0.765. The predicted octanol–water partition coefficient (Wildman–Crippen LogP) is 0.132. The molecule has 8 nitrogen and oxygen atoms in total. The van der Waals surface area contributed by atoms with Crippen molar-refractivity contribution in [3.8, 4) is 5.75 Å². The van der Waals surface area contributed by atoms with Gasteiger partial charge in [0.25, 0.3) is 5.91 Å². The minimum atomic E-state index is -2.91. The molecule has 3 aliphatic heterocycles. The lowest BCUT2D eigenvalue weighted by molar-refractivity contribution is -0.140. The first kappa shape index (κ1) is 19.2. The number of hydrogen-bond donors (Lipinski definition) is 0. The molecular formula is C19H25N3O5S. The predicted molar refractivity (Wildman–Crippen MR) is 104 cm³/mol. The van der Waals surface area contributed by atoms with Gasteiger partial charge in [-0.15, -0.1) is 0 Å². The van der Waals surface area contributed by atoms with E-state index in [0.29, 0.717) is 44.0 Å². The zero-order valence-corrected chi connectivity index (χ0v) is 16.7. The Kier molecular flexibility index (Phi) is 5.05. The van der Waals surface area contributed by atoms with Crippen LogP contribution in [-0.4, -0.2) is 86.4 Å². The summed E-state index contributed by atoms with van der Waals surface area (Å²) in [6.07, 6.45) is -0.0518. The van der Waals surface area contributed by atoms with Gasteiger partial charge >= 0.3 is 0 Å². The third-order valence-corrected chi connectivity index (χ3v) is 7.53. The van der Waals surface area contributed by atoms with Gasteiger partial charge in [-0.1, -0.05) is 12.1 Å². The quantitative estimate of drug-likeness (QED) is 0.693. The Morgan fingerprint density at radius 3 is 2.46 bits per heavy atom. The molecule has 0 saturated carbocycles. The number of benzene rings is 1. The number of carbonyl (C=O) groups is 2. The highest BCUT2D eigenvalue weighted by molar-refractivity contribution is 7.91. The maximum Gasteiger partial charge on any atom is 0.265 e. The minimum Gasteiger partial charge on any atom is -0.476 e. The maximum absolute atomic E-state index is 13.0. The fourth-order valence-electron chi connectivity index (χ4n) is 4.24. The van der Waals surface area contributed by atoms with E-state index in [0.717, 1.165) is 0 Å². The molecule has 4 rings (SSSR count). The van der Waals surface area contributed by atoms with Crippen LogP contribution in [0.1, 0.15) is 13.3 Å². The topological polar surface area (TPSA) is 87.2 Å². The van der Waals surface area contributed by atoms with E-state index in [9.17, 15) is 18.0 Å². The van der Waals surface area contributed by atoms with Crippen molar-refractivity contribution < 1.29 is 22.7 Å². The SMILES string of the molecule is CC(=O)N1C[C@H](C(=O)N2CCN([C@@H]3CCS(=O)(=O)C3)CC2)Oc2ccccc21. The lowest BCUT2D eigenvalue weighted by atomic mass is 10.1. The summed E-state index contributed by atoms with van der Waals surface area (Å²) in [6, 6.07) is 7.30. The maximum atomic E-state index is 13.0. The Balaban J connectivity index is 1.40. The first-order chi connectivity index (χ1) is 13.3. The summed E-state index contributed by atoms with van der Waals surface area (Å²) in [5, 5.41) is 0. The molecule has 0 aliphatic carbocycles. The lowest BCUT2D eigenvalue weighted by Gasteiger charge is -2.40. The molecule has 152 valence electrons. The third kappa shape index (κ3) is 3.73. The van der Waals surface area contributed by atoms with Gasteiger partial charge in [0.2, 0.25) is 5.91 Å². The molecule has 3 heterocycles. The van der Waals surface area contributed by atoms with E-state index in [4.69, 9.17) is 4.74 Å². The number of ether oxygens (including phenoxy) is 1. The van der Waals surface area contributed by atoms with Gasteiger partial charge in [-0.3, -0.25) is 14.5 Å². The van der Waals surface area contributed by atoms with Crippen LogP contribution in [0.3, 0.4) is 0 Å². The van der Waals surface area contributed by atoms with Crippen LogP contribution >= 0.6 is 0 Å². The molecule has 2 fully saturated rings. The second-order valence-corrected chi connectivity index (χ2v) is 9.85. The number of para-hydroxylation sites is 2. The van der Waals surface area contributed by atoms with Crippen LogP contribution in [0.15, 0.2) is 24.3 Å². The molecule has 28 heavy (non-hydrogen) atoms. The van der Waals surface area contributed by atoms with Gasteiger partial charge in [0, 0.05) is 39.1 Å². The van der Waals surface area contributed by atoms with E-state index in [2.05, 4.69) is 4.90 Å². The van der Waals surface area contributed by atoms with Crippen molar-refractivity contribution in [3.05, 3.63) is 24.3 Å². The number of nitrogens with zero attached hydrogens (tertiary/aromatic N) is 3. The van der Waals surface area contributed by atoms with E-state index in [-0.39, 0.29) is 35.9 Å². The van der Waals surface area contributed by atoms with Gasteiger partial charge in [0.15, 0.2) is 15.9 Å². The van der Waals surface area contributed by atoms with E-state index >= 15 is 0 Å². The van der Waals surface area contributed by atoms with Gasteiger partial charge < -0.3 is 14.5 Å². The lowest BCUT2D eigenvalue weighted by Crippen LogP contribution is -2.57. The molecule has 2 atom stereocenters. The molecule has 2 saturated heterocycles. The molecular weight excluding hydrogens is 382 g/mol. The molecule has 0 unspecified atom stereocenters. The van der Waals surface area contributed by atoms with Crippen molar-refractivity contribution >= 4 is 27.3 Å². The highest BCUT2D eigenvalue weighted by atomic mass is 32.2. The van der Waals surface area contributed by atoms with Crippen molar-refractivity contribution in [3.63, 3.8) is 0 Å². The van der Waals surface area contributed by atoms with Gasteiger partial charge in [-0.2, -0.15) is 0 Å². The van der Waals surface area contributed by atoms with Gasteiger partial charge in [0.05, 0.1) is 23.7 Å². The van der Waals surface area contributed by atoms with Crippen molar-refractivity contribution in [2.75, 3.05) is 49.1 Å². The average Bonchev–Trinajstić information content (AvgIpc) is 3.06. The van der Waals surface area contributed by atoms with Crippen LogP contribution in [0.2, 0.25) is 0 Å². The summed E-state index contributed by atoms with van der Waals surface area (Å²) in [7, 11) is -2.91. The average molecular weight is 407 g/mol. The highest BCUT2D eigenvalue weighted by Crippen LogP contribution is 2.33. The van der Waals surface area contributed by atoms with Crippen molar-refractivity contribution in [2.24, 2.45) is 0 Å². The molecule has 0 bridgehead atoms. The highest BCUT2D eigenvalue weighted by Gasteiger charge is 2.38. The molecule has 3 aliphatic rings. The molecule has 0 radical (unpaired) electrons. The summed E-state index contributed by atoms with van der Waals surface area (Å²) >= 11 is 0. The summed E-state index contributed by atoms with van der Waals surface area (Å²) < 4.78 is 29.3. The Hall–Kier alpha value is -2.13. The molecule has 0 N–H and O–H groups in total. The molecule has 1 aromatic carbocycles. The van der Waals surface area contributed by atoms with E-state index in [1.165, 1.54) is 6.92 Å². The monoisotopic (exact) mass is 407 g/mol. The molecule has 1 aromatic rings. The van der Waals surface area contributed by atoms with Crippen LogP contribution in [0, 0.1) is 0 Å². The summed E-state index contributed by atoms with van der Waals surface area (Å²) in [6.45, 7) is 4.08. The largest absolute Gasteiger partial charge is 0.476 e. The fraction of sp³-hybridized carbons (Fsp3) is 0.579. The Labute approximate surface area is 164 Å². The van der Waals surface area contributed by atoms with Crippen molar-refractivity contribution in [1.29, 1.82) is 0 Å². The van der Waals surface area contributed by atoms with Crippen LogP contribution in [0.25, 0.3) is 0 Å². The number of rotatable bonds is 2. The zero-order valence-electron chi connectivity index (χ0n) is 15.9. The van der Waals surface area contributed by atoms with Crippen molar-refractivity contribution in [2.45, 2.75) is 25.5 Å². The summed E-state index contributed by atoms with van der Waals surface area (Å²) in [4.78, 5) is 30.6. The van der Waals surface area contributed by atoms with E-state index < -0.39 is 15.9 Å². The first-order valence-electron chi connectivity index (χ1n) is 9.61. The van der Waals surface area contributed by atoms with Crippen molar-refractivity contribution in [1.82, 2.24) is 9.80 Å². The van der Waals surface area contributed by atoms with Gasteiger partial charge in [-0.05, 0) is 18.6 Å². The third-order valence-electron chi connectivity index (χ3n) is 5.78. The van der Waals surface area contributed by atoms with Crippen LogP contribution < -0.4 is 9.64 Å². The molecule has 0 spiro atoms. The summed E-state index contributed by atoms with van der Waals surface area (Å²) in [5.41, 5.74) is 0.686. The molecule has 2 amide bonds. The number of amides is 2. The minimum absolute atomic E-state index is 0.0632. The Morgan fingerprint density at radius 2 is 1.82 bits per heavy atom. The van der Waals surface area contributed by atoms with Crippen LogP contribution in [-0.2, 0) is 19.4 Å².